The molecule has 0 aromatic carbocycles. The van der Waals surface area contributed by atoms with Gasteiger partial charge in [0.1, 0.15) is 13.2 Å². The van der Waals surface area contributed by atoms with Crippen molar-refractivity contribution in [3.8, 4) is 0 Å². The molecule has 0 N–H and O–H groups in total. The lowest BCUT2D eigenvalue weighted by Gasteiger charge is -2.36. The van der Waals surface area contributed by atoms with Crippen molar-refractivity contribution >= 4 is 5.91 Å². The van der Waals surface area contributed by atoms with E-state index in [1.165, 1.54) is 0 Å². The maximum absolute atomic E-state index is 13.4. The summed E-state index contributed by atoms with van der Waals surface area (Å²) < 4.78 is 37.1. The van der Waals surface area contributed by atoms with Crippen LogP contribution in [0.2, 0.25) is 0 Å². The summed E-state index contributed by atoms with van der Waals surface area (Å²) in [6.07, 6.45) is 0.484. The van der Waals surface area contributed by atoms with Gasteiger partial charge in [-0.25, -0.2) is 8.78 Å². The molecule has 0 bridgehead atoms. The van der Waals surface area contributed by atoms with Gasteiger partial charge in [-0.3, -0.25) is 9.69 Å². The number of amides is 1. The predicted molar refractivity (Wildman–Crippen MR) is 74.8 cm³/mol. The number of rotatable bonds is 5. The molecule has 1 aromatic heterocycles. The van der Waals surface area contributed by atoms with Crippen molar-refractivity contribution in [2.75, 3.05) is 32.8 Å². The van der Waals surface area contributed by atoms with Crippen LogP contribution in [0.4, 0.5) is 8.78 Å². The van der Waals surface area contributed by atoms with E-state index in [-0.39, 0.29) is 38.1 Å². The lowest BCUT2D eigenvalue weighted by atomic mass is 10.1. The van der Waals surface area contributed by atoms with Crippen LogP contribution in [0, 0.1) is 0 Å². The first-order valence-corrected chi connectivity index (χ1v) is 7.76. The number of hydrogen-bond donors (Lipinski definition) is 0. The van der Waals surface area contributed by atoms with E-state index in [1.807, 2.05) is 6.92 Å². The van der Waals surface area contributed by atoms with Crippen LogP contribution in [0.3, 0.4) is 0 Å². The maximum atomic E-state index is 13.4. The van der Waals surface area contributed by atoms with Crippen LogP contribution in [0.5, 0.6) is 0 Å². The van der Waals surface area contributed by atoms with Gasteiger partial charge < -0.3 is 14.2 Å². The highest BCUT2D eigenvalue weighted by Crippen LogP contribution is 2.33. The van der Waals surface area contributed by atoms with Crippen LogP contribution in [0.25, 0.3) is 0 Å². The molecule has 23 heavy (non-hydrogen) atoms. The minimum absolute atomic E-state index is 0.0696. The fourth-order valence-corrected chi connectivity index (χ4v) is 3.04. The quantitative estimate of drug-likeness (QED) is 0.791. The molecule has 128 valence electrons. The summed E-state index contributed by atoms with van der Waals surface area (Å²) in [6.45, 7) is 2.93. The highest BCUT2D eigenvalue weighted by molar-refractivity contribution is 5.77. The fraction of sp³-hybridized carbons (Fsp3) is 0.786. The summed E-state index contributed by atoms with van der Waals surface area (Å²) in [5, 5.41) is 3.73. The Balaban J connectivity index is 1.44. The lowest BCUT2D eigenvalue weighted by molar-refractivity contribution is -0.139. The monoisotopic (exact) mass is 330 g/mol. The minimum atomic E-state index is -2.64. The molecule has 0 radical (unpaired) electrons. The number of ether oxygens (including phenoxy) is 1. The molecule has 2 aliphatic rings. The van der Waals surface area contributed by atoms with Gasteiger partial charge >= 0.3 is 0 Å². The summed E-state index contributed by atoms with van der Waals surface area (Å²) >= 11 is 0. The molecule has 0 unspecified atom stereocenters. The highest BCUT2D eigenvalue weighted by atomic mass is 19.3. The van der Waals surface area contributed by atoms with Gasteiger partial charge in [0.15, 0.2) is 5.82 Å². The van der Waals surface area contributed by atoms with Crippen LogP contribution in [-0.2, 0) is 22.6 Å². The van der Waals surface area contributed by atoms with Crippen molar-refractivity contribution in [3.05, 3.63) is 11.7 Å². The van der Waals surface area contributed by atoms with E-state index in [9.17, 15) is 13.6 Å². The normalized spacial score (nSPS) is 24.0. The number of carbonyl (C=O) groups excluding carboxylic acids is 1. The minimum Gasteiger partial charge on any atom is -0.362 e. The molecular weight excluding hydrogens is 310 g/mol. The molecule has 0 saturated carbocycles. The third-order valence-electron chi connectivity index (χ3n) is 4.20. The van der Waals surface area contributed by atoms with Crippen LogP contribution in [-0.4, -0.2) is 70.6 Å². The summed E-state index contributed by atoms with van der Waals surface area (Å²) in [6, 6.07) is -0.259. The molecule has 1 aromatic rings. The number of aromatic nitrogens is 2. The topological polar surface area (TPSA) is 71.7 Å². The smallest absolute Gasteiger partial charge is 0.262 e. The molecule has 2 fully saturated rings. The SMILES string of the molecule is CCc1noc(COCC(=O)N2CCN3CC(F)(F)C[C@H]3C2)n1. The highest BCUT2D eigenvalue weighted by Gasteiger charge is 2.47. The zero-order chi connectivity index (χ0) is 16.4. The number of aryl methyl sites for hydroxylation is 1. The molecule has 9 heteroatoms. The standard InChI is InChI=1S/C14H20F2N4O3/c1-2-11-17-12(23-18-11)7-22-8-13(21)19-3-4-20-9-14(15,16)5-10(20)6-19/h10H,2-9H2,1H3/t10-/m0/s1. The maximum Gasteiger partial charge on any atom is 0.262 e. The number of alkyl halides is 2. The third kappa shape index (κ3) is 3.84. The van der Waals surface area contributed by atoms with Crippen molar-refractivity contribution in [3.63, 3.8) is 0 Å². The second kappa shape index (κ2) is 6.48. The van der Waals surface area contributed by atoms with Gasteiger partial charge in [0, 0.05) is 38.5 Å². The fourth-order valence-electron chi connectivity index (χ4n) is 3.04. The van der Waals surface area contributed by atoms with E-state index in [2.05, 4.69) is 10.1 Å². The molecule has 1 amide bonds. The van der Waals surface area contributed by atoms with Gasteiger partial charge in [0.05, 0.1) is 6.54 Å². The van der Waals surface area contributed by atoms with Crippen LogP contribution >= 0.6 is 0 Å². The molecule has 3 rings (SSSR count). The molecule has 0 spiro atoms. The number of piperazine rings is 1. The van der Waals surface area contributed by atoms with E-state index >= 15 is 0 Å². The van der Waals surface area contributed by atoms with Gasteiger partial charge in [0.2, 0.25) is 5.91 Å². The Labute approximate surface area is 132 Å². The van der Waals surface area contributed by atoms with Gasteiger partial charge in [0.25, 0.3) is 11.8 Å². The summed E-state index contributed by atoms with van der Waals surface area (Å²) in [5.74, 6) is -1.92. The van der Waals surface area contributed by atoms with Crippen molar-refractivity contribution in [1.82, 2.24) is 19.9 Å². The average Bonchev–Trinajstić information content (AvgIpc) is 3.08. The van der Waals surface area contributed by atoms with Crippen molar-refractivity contribution in [2.24, 2.45) is 0 Å². The first kappa shape index (κ1) is 16.3. The van der Waals surface area contributed by atoms with E-state index in [0.717, 1.165) is 0 Å². The first-order valence-electron chi connectivity index (χ1n) is 7.76. The van der Waals surface area contributed by atoms with E-state index in [1.54, 1.807) is 9.80 Å². The lowest BCUT2D eigenvalue weighted by Crippen LogP contribution is -2.52. The summed E-state index contributed by atoms with van der Waals surface area (Å²) in [5.41, 5.74) is 0. The summed E-state index contributed by atoms with van der Waals surface area (Å²) in [4.78, 5) is 19.6. The molecule has 7 nitrogen and oxygen atoms in total. The summed E-state index contributed by atoms with van der Waals surface area (Å²) in [7, 11) is 0. The predicted octanol–water partition coefficient (Wildman–Crippen LogP) is 0.700. The Bertz CT molecular complexity index is 566. The van der Waals surface area contributed by atoms with E-state index in [4.69, 9.17) is 9.26 Å². The molecule has 3 heterocycles. The molecular formula is C14H20F2N4O3. The Kier molecular flexibility index (Phi) is 4.58. The zero-order valence-corrected chi connectivity index (χ0v) is 13.0. The largest absolute Gasteiger partial charge is 0.362 e. The van der Waals surface area contributed by atoms with Gasteiger partial charge in [-0.05, 0) is 0 Å². The van der Waals surface area contributed by atoms with Crippen LogP contribution in [0.1, 0.15) is 25.1 Å². The van der Waals surface area contributed by atoms with Gasteiger partial charge in [-0.2, -0.15) is 4.98 Å². The van der Waals surface area contributed by atoms with Gasteiger partial charge in [-0.1, -0.05) is 12.1 Å². The zero-order valence-electron chi connectivity index (χ0n) is 13.0. The van der Waals surface area contributed by atoms with Crippen LogP contribution < -0.4 is 0 Å². The molecule has 2 saturated heterocycles. The Morgan fingerprint density at radius 3 is 3.04 bits per heavy atom. The average molecular weight is 330 g/mol. The van der Waals surface area contributed by atoms with Crippen LogP contribution in [0.15, 0.2) is 4.52 Å². The second-order valence-electron chi connectivity index (χ2n) is 5.97. The van der Waals surface area contributed by atoms with Crippen molar-refractivity contribution < 1.29 is 22.8 Å². The van der Waals surface area contributed by atoms with E-state index < -0.39 is 5.92 Å². The Morgan fingerprint density at radius 2 is 2.30 bits per heavy atom. The number of hydrogen-bond acceptors (Lipinski definition) is 6. The Morgan fingerprint density at radius 1 is 1.48 bits per heavy atom. The van der Waals surface area contributed by atoms with Crippen molar-refractivity contribution in [2.45, 2.75) is 38.3 Å². The second-order valence-corrected chi connectivity index (χ2v) is 5.97. The van der Waals surface area contributed by atoms with Gasteiger partial charge in [-0.15, -0.1) is 0 Å². The number of fused-ring (bicyclic) bond motifs is 1. The molecule has 2 aliphatic heterocycles. The number of halogens is 2. The Hall–Kier alpha value is -1.61. The molecule has 1 atom stereocenters. The number of nitrogens with zero attached hydrogens (tertiary/aromatic N) is 4. The first-order chi connectivity index (χ1) is 11.0. The number of carbonyl (C=O) groups is 1. The molecule has 0 aliphatic carbocycles. The van der Waals surface area contributed by atoms with Crippen molar-refractivity contribution in [1.29, 1.82) is 0 Å². The third-order valence-corrected chi connectivity index (χ3v) is 4.20. The van der Waals surface area contributed by atoms with E-state index in [0.29, 0.717) is 37.8 Å².